The van der Waals surface area contributed by atoms with Gasteiger partial charge in [-0.2, -0.15) is 0 Å². The molecule has 2 unspecified atom stereocenters. The minimum Gasteiger partial charge on any atom is -0.334 e. The molecule has 0 radical (unpaired) electrons. The third-order valence-corrected chi connectivity index (χ3v) is 21.0. The fourth-order valence-corrected chi connectivity index (χ4v) is 17.4. The van der Waals surface area contributed by atoms with E-state index in [1.165, 1.54) is 142 Å². The van der Waals surface area contributed by atoms with Gasteiger partial charge >= 0.3 is 0 Å². The Morgan fingerprint density at radius 3 is 1.59 bits per heavy atom. The molecule has 14 rings (SSSR count). The highest BCUT2D eigenvalue weighted by Crippen LogP contribution is 2.63. The molecule has 0 aromatic heterocycles. The van der Waals surface area contributed by atoms with Gasteiger partial charge in [-0.1, -0.05) is 205 Å². The molecule has 6 aliphatic rings. The average Bonchev–Trinajstić information content (AvgIpc) is 4.11. The van der Waals surface area contributed by atoms with Crippen LogP contribution in [0.25, 0.3) is 22.3 Å². The van der Waals surface area contributed by atoms with Crippen molar-refractivity contribution in [2.24, 2.45) is 0 Å². The van der Waals surface area contributed by atoms with Gasteiger partial charge in [-0.05, 0) is 187 Å². The first-order valence-electron chi connectivity index (χ1n) is 29.8. The summed E-state index contributed by atoms with van der Waals surface area (Å²) in [7, 11) is 0. The maximum Gasteiger partial charge on any atom is 0.252 e. The van der Waals surface area contributed by atoms with Crippen LogP contribution in [0.5, 0.6) is 0 Å². The normalized spacial score (nSPS) is 22.2. The lowest BCUT2D eigenvalue weighted by atomic mass is 9.33. The van der Waals surface area contributed by atoms with E-state index < -0.39 is 0 Å². The molecule has 0 N–H and O–H groups in total. The second-order valence-electron chi connectivity index (χ2n) is 29.2. The minimum atomic E-state index is -0.145. The van der Waals surface area contributed by atoms with Gasteiger partial charge in [0.1, 0.15) is 0 Å². The van der Waals surface area contributed by atoms with Crippen molar-refractivity contribution in [3.8, 4) is 22.3 Å². The summed E-state index contributed by atoms with van der Waals surface area (Å²) in [5.41, 5.74) is 29.3. The van der Waals surface area contributed by atoms with Gasteiger partial charge in [-0.25, -0.2) is 0 Å². The van der Waals surface area contributed by atoms with E-state index in [1.807, 2.05) is 0 Å². The topological polar surface area (TPSA) is 9.72 Å². The molecule has 398 valence electrons. The summed E-state index contributed by atoms with van der Waals surface area (Å²) in [6.07, 6.45) is 7.00. The van der Waals surface area contributed by atoms with Crippen molar-refractivity contribution in [3.63, 3.8) is 0 Å². The van der Waals surface area contributed by atoms with Gasteiger partial charge in [0.15, 0.2) is 0 Å². The molecule has 0 amide bonds. The molecule has 3 aliphatic carbocycles. The zero-order chi connectivity index (χ0) is 55.1. The number of rotatable bonds is 5. The summed E-state index contributed by atoms with van der Waals surface area (Å²) in [6.45, 7) is 34.5. The van der Waals surface area contributed by atoms with E-state index in [2.05, 4.69) is 269 Å². The quantitative estimate of drug-likeness (QED) is 0.159. The van der Waals surface area contributed by atoms with Crippen LogP contribution in [0.3, 0.4) is 0 Å². The van der Waals surface area contributed by atoms with E-state index >= 15 is 0 Å². The van der Waals surface area contributed by atoms with E-state index in [0.29, 0.717) is 0 Å². The highest BCUT2D eigenvalue weighted by atomic mass is 15.3. The molecule has 79 heavy (non-hydrogen) atoms. The van der Waals surface area contributed by atoms with Gasteiger partial charge in [-0.15, -0.1) is 0 Å². The smallest absolute Gasteiger partial charge is 0.252 e. The Bertz CT molecular complexity index is 3850. The Morgan fingerprint density at radius 2 is 0.949 bits per heavy atom. The first-order chi connectivity index (χ1) is 37.4. The summed E-state index contributed by atoms with van der Waals surface area (Å²) in [5, 5.41) is 0. The van der Waals surface area contributed by atoms with Crippen molar-refractivity contribution >= 4 is 68.6 Å². The predicted molar refractivity (Wildman–Crippen MR) is 339 cm³/mol. The Kier molecular flexibility index (Phi) is 10.6. The zero-order valence-electron chi connectivity index (χ0n) is 49.7. The number of hydrogen-bond donors (Lipinski definition) is 0. The number of anilines is 8. The molecule has 2 atom stereocenters. The highest BCUT2D eigenvalue weighted by molar-refractivity contribution is 7.00. The Labute approximate surface area is 473 Å². The maximum absolute atomic E-state index is 2.84. The van der Waals surface area contributed by atoms with Gasteiger partial charge in [-0.3, -0.25) is 0 Å². The van der Waals surface area contributed by atoms with Crippen molar-refractivity contribution in [2.45, 2.75) is 173 Å². The molecular formula is C75H80BN3. The first kappa shape index (κ1) is 50.4. The van der Waals surface area contributed by atoms with Crippen LogP contribution >= 0.6 is 0 Å². The summed E-state index contributed by atoms with van der Waals surface area (Å²) < 4.78 is 0. The second-order valence-corrected chi connectivity index (χ2v) is 29.2. The second kappa shape index (κ2) is 16.7. The van der Waals surface area contributed by atoms with Crippen LogP contribution in [0.4, 0.5) is 45.5 Å². The molecular weight excluding hydrogens is 954 g/mol. The summed E-state index contributed by atoms with van der Waals surface area (Å²) >= 11 is 0. The van der Waals surface area contributed by atoms with Crippen LogP contribution in [-0.2, 0) is 32.5 Å². The van der Waals surface area contributed by atoms with E-state index in [9.17, 15) is 0 Å². The largest absolute Gasteiger partial charge is 0.334 e. The zero-order valence-corrected chi connectivity index (χ0v) is 49.7. The van der Waals surface area contributed by atoms with Crippen molar-refractivity contribution < 1.29 is 0 Å². The Morgan fingerprint density at radius 1 is 0.418 bits per heavy atom. The SMILES string of the molecule is Cc1cc2c(cc1N1c3ccc(-c4ccccc4)cc3B3c4cc5c(cc4N(c4ccc(C(C)(C)C)cc4-c4ccccc4)c4cc(N6c7ccccc7C7(C)CCCCC67C)cc1c43)C(C)(C)CC5(C)C)C(C)(C)CC2(C)C. The molecule has 3 heterocycles. The highest BCUT2D eigenvalue weighted by Gasteiger charge is 2.58. The predicted octanol–water partition coefficient (Wildman–Crippen LogP) is 18.4. The monoisotopic (exact) mass is 1030 g/mol. The van der Waals surface area contributed by atoms with E-state index in [4.69, 9.17) is 0 Å². The van der Waals surface area contributed by atoms with Gasteiger partial charge in [0, 0.05) is 50.8 Å². The van der Waals surface area contributed by atoms with Crippen LogP contribution < -0.4 is 31.1 Å². The number of fused-ring (bicyclic) bond motifs is 9. The lowest BCUT2D eigenvalue weighted by molar-refractivity contribution is 0.195. The first-order valence-corrected chi connectivity index (χ1v) is 29.8. The Hall–Kier alpha value is -6.78. The Balaban J connectivity index is 1.16. The van der Waals surface area contributed by atoms with Gasteiger partial charge in [0.25, 0.3) is 6.71 Å². The van der Waals surface area contributed by atoms with Crippen LogP contribution in [0, 0.1) is 6.92 Å². The van der Waals surface area contributed by atoms with Crippen molar-refractivity contribution in [3.05, 3.63) is 197 Å². The van der Waals surface area contributed by atoms with Crippen molar-refractivity contribution in [2.75, 3.05) is 14.7 Å². The minimum absolute atomic E-state index is 0.00201. The van der Waals surface area contributed by atoms with E-state index in [0.717, 1.165) is 19.3 Å². The standard InChI is InChI=1S/C75H80BN3/c1-47-37-55-57(72(9,10)45-70(55,5)6)43-64(47)78-63-33-31-50(48-25-17-15-18-26-48)38-59(63)76-60-42-56-58(73(11,12)46-71(56,7)8)44-65(60)77(61-34-32-51(69(2,3)4)39-53(61)49-27-19-16-20-28-49)66-40-52(41-67(78)68(66)76)79-62-30-22-21-29-54(62)74(13)35-23-24-36-75(74,79)14/h15-22,25-34,37-44H,23-24,35-36,45-46H2,1-14H3. The molecule has 8 aromatic carbocycles. The summed E-state index contributed by atoms with van der Waals surface area (Å²) in [5.74, 6) is 0. The molecule has 1 saturated carbocycles. The van der Waals surface area contributed by atoms with Crippen molar-refractivity contribution in [1.82, 2.24) is 0 Å². The van der Waals surface area contributed by atoms with E-state index in [1.54, 1.807) is 0 Å². The number of aryl methyl sites for hydroxylation is 1. The number of hydrogen-bond acceptors (Lipinski definition) is 3. The third-order valence-electron chi connectivity index (χ3n) is 21.0. The van der Waals surface area contributed by atoms with Crippen LogP contribution in [0.1, 0.15) is 167 Å². The molecule has 1 fully saturated rings. The lowest BCUT2D eigenvalue weighted by Gasteiger charge is -2.51. The van der Waals surface area contributed by atoms with Crippen LogP contribution in [0.2, 0.25) is 0 Å². The van der Waals surface area contributed by atoms with Crippen LogP contribution in [-0.4, -0.2) is 12.3 Å². The number of para-hydroxylation sites is 1. The fraction of sp³-hybridized carbons (Fsp3) is 0.360. The molecule has 4 heteroatoms. The van der Waals surface area contributed by atoms with Gasteiger partial charge < -0.3 is 14.7 Å². The molecule has 0 spiro atoms. The molecule has 3 aliphatic heterocycles. The molecule has 8 aromatic rings. The maximum atomic E-state index is 2.84. The van der Waals surface area contributed by atoms with Gasteiger partial charge in [0.2, 0.25) is 0 Å². The number of benzene rings is 8. The van der Waals surface area contributed by atoms with Gasteiger partial charge in [0.05, 0.1) is 11.2 Å². The van der Waals surface area contributed by atoms with E-state index in [-0.39, 0.29) is 44.7 Å². The number of nitrogens with zero attached hydrogens (tertiary/aromatic N) is 3. The third kappa shape index (κ3) is 7.17. The summed E-state index contributed by atoms with van der Waals surface area (Å²) in [4.78, 5) is 8.35. The lowest BCUT2D eigenvalue weighted by Crippen LogP contribution is -2.62. The molecule has 0 saturated heterocycles. The molecule has 0 bridgehead atoms. The molecule has 3 nitrogen and oxygen atoms in total. The fourth-order valence-electron chi connectivity index (χ4n) is 17.4. The van der Waals surface area contributed by atoms with Crippen molar-refractivity contribution in [1.29, 1.82) is 0 Å². The average molecular weight is 1030 g/mol. The summed E-state index contributed by atoms with van der Waals surface area (Å²) in [6, 6.07) is 62.6. The van der Waals surface area contributed by atoms with Crippen LogP contribution in [0.15, 0.2) is 158 Å².